The van der Waals surface area contributed by atoms with E-state index in [1.807, 2.05) is 18.2 Å². The summed E-state index contributed by atoms with van der Waals surface area (Å²) in [7, 11) is 14.2. The number of allylic oxidation sites excluding steroid dienone is 1. The molecule has 1 unspecified atom stereocenters. The topological polar surface area (TPSA) is 26.0 Å². The fourth-order valence-corrected chi connectivity index (χ4v) is 8.91. The van der Waals surface area contributed by atoms with E-state index in [1.165, 1.54) is 16.7 Å². The predicted molar refractivity (Wildman–Crippen MR) is 108 cm³/mol. The first-order valence-corrected chi connectivity index (χ1v) is 15.9. The number of fused-ring (bicyclic) bond motifs is 1. The van der Waals surface area contributed by atoms with E-state index in [2.05, 4.69) is 63.2 Å². The minimum absolute atomic E-state index is 0.312. The molecule has 0 bridgehead atoms. The Labute approximate surface area is 160 Å². The molecule has 0 saturated heterocycles. The zero-order valence-electron chi connectivity index (χ0n) is 15.1. The van der Waals surface area contributed by atoms with Gasteiger partial charge in [-0.2, -0.15) is 0 Å². The van der Waals surface area contributed by atoms with Crippen molar-refractivity contribution in [1.29, 1.82) is 0 Å². The van der Waals surface area contributed by atoms with Crippen LogP contribution in [0.25, 0.3) is 6.08 Å². The van der Waals surface area contributed by atoms with Crippen LogP contribution in [0.4, 0.5) is 0 Å². The summed E-state index contributed by atoms with van der Waals surface area (Å²) in [5, 5.41) is 0. The molecule has 1 aliphatic rings. The third-order valence-electron chi connectivity index (χ3n) is 5.77. The van der Waals surface area contributed by atoms with Gasteiger partial charge in [0.15, 0.2) is 0 Å². The van der Waals surface area contributed by atoms with Crippen LogP contribution in [0.5, 0.6) is 0 Å². The summed E-state index contributed by atoms with van der Waals surface area (Å²) in [5.74, 6) is 0.339. The van der Waals surface area contributed by atoms with Crippen molar-refractivity contribution < 1.29 is 13.4 Å². The second kappa shape index (κ2) is 6.55. The Kier molecular flexibility index (Phi) is 5.03. The Hall–Kier alpha value is -0.566. The molecule has 2 N–H and O–H groups in total. The van der Waals surface area contributed by atoms with Gasteiger partial charge in [0.05, 0.1) is 0 Å². The summed E-state index contributed by atoms with van der Waals surface area (Å²) < 4.78 is 7.09. The van der Waals surface area contributed by atoms with Crippen molar-refractivity contribution in [2.45, 2.75) is 41.6 Å². The average molecular weight is 411 g/mol. The van der Waals surface area contributed by atoms with Crippen molar-refractivity contribution in [2.24, 2.45) is 4.22 Å². The van der Waals surface area contributed by atoms with Gasteiger partial charge in [-0.25, -0.2) is 0 Å². The SMILES string of the molecule is CC1=Cc2ccccc2C1C[C](C)(C)[Ti]([NH2])([Cl])([Cl])[CH2]c1ccccc1. The first kappa shape index (κ1) is 19.2. The van der Waals surface area contributed by atoms with E-state index >= 15 is 0 Å². The van der Waals surface area contributed by atoms with E-state index in [-0.39, 0.29) is 3.72 Å². The first-order valence-electron chi connectivity index (χ1n) is 8.78. The zero-order valence-corrected chi connectivity index (χ0v) is 18.2. The molecule has 1 nitrogen and oxygen atoms in total. The van der Waals surface area contributed by atoms with Crippen molar-refractivity contribution in [1.82, 2.24) is 0 Å². The van der Waals surface area contributed by atoms with Crippen molar-refractivity contribution in [3.8, 4) is 0 Å². The van der Waals surface area contributed by atoms with Gasteiger partial charge in [-0.15, -0.1) is 0 Å². The zero-order chi connectivity index (χ0) is 18.3. The van der Waals surface area contributed by atoms with Gasteiger partial charge in [-0.3, -0.25) is 0 Å². The molecule has 0 spiro atoms. The third-order valence-corrected chi connectivity index (χ3v) is 17.4. The molecule has 0 saturated carbocycles. The normalized spacial score (nSPS) is 19.0. The molecule has 0 aliphatic heterocycles. The molecule has 0 amide bonds. The number of benzene rings is 2. The quantitative estimate of drug-likeness (QED) is 0.536. The maximum atomic E-state index is 7.09. The summed E-state index contributed by atoms with van der Waals surface area (Å²) in [6.07, 6.45) is 3.15. The van der Waals surface area contributed by atoms with Gasteiger partial charge in [0.1, 0.15) is 0 Å². The van der Waals surface area contributed by atoms with E-state index in [1.54, 1.807) is 0 Å². The van der Waals surface area contributed by atoms with Crippen LogP contribution in [0.15, 0.2) is 60.2 Å². The van der Waals surface area contributed by atoms with E-state index < -0.39 is 13.4 Å². The van der Waals surface area contributed by atoms with Crippen LogP contribution in [0.2, 0.25) is 3.72 Å². The number of hydrogen-bond acceptors (Lipinski definition) is 1. The molecule has 25 heavy (non-hydrogen) atoms. The average Bonchev–Trinajstić information content (AvgIpc) is 2.83. The van der Waals surface area contributed by atoms with Gasteiger partial charge in [0.25, 0.3) is 0 Å². The molecule has 2 aromatic carbocycles. The second-order valence-corrected chi connectivity index (χ2v) is 22.6. The monoisotopic (exact) mass is 410 g/mol. The molecule has 4 heteroatoms. The van der Waals surface area contributed by atoms with Gasteiger partial charge >= 0.3 is 161 Å². The Morgan fingerprint density at radius 1 is 1.00 bits per heavy atom. The van der Waals surface area contributed by atoms with Gasteiger partial charge < -0.3 is 0 Å². The summed E-state index contributed by atoms with van der Waals surface area (Å²) in [6.45, 7) is 6.50. The van der Waals surface area contributed by atoms with Gasteiger partial charge in [-0.05, 0) is 0 Å². The summed E-state index contributed by atoms with van der Waals surface area (Å²) >= 11 is -4.25. The number of rotatable bonds is 5. The van der Waals surface area contributed by atoms with Crippen molar-refractivity contribution in [2.75, 3.05) is 0 Å². The maximum absolute atomic E-state index is 7.09. The number of hydrogen-bond donors (Lipinski definition) is 1. The van der Waals surface area contributed by atoms with Gasteiger partial charge in [-0.1, -0.05) is 0 Å². The van der Waals surface area contributed by atoms with Crippen molar-refractivity contribution in [3.05, 3.63) is 76.9 Å². The standard InChI is InChI=1S/C14H17.C7H7.2ClH.H2N.Ti/c1-10(2)8-14-11(3)9-12-6-4-5-7-13(12)14;1-7-5-3-2-4-6-7;;;;/h4-7,9,14H,8H2,1-3H3;2-6H,1H2;2*1H;1H2;/q;;;;-1;+3/p-2. The van der Waals surface area contributed by atoms with E-state index in [9.17, 15) is 0 Å². The number of halogens is 2. The van der Waals surface area contributed by atoms with Crippen LogP contribution in [0.1, 0.15) is 49.8 Å². The Morgan fingerprint density at radius 3 is 2.28 bits per heavy atom. The predicted octanol–water partition coefficient (Wildman–Crippen LogP) is 6.85. The fraction of sp³-hybridized carbons (Fsp3) is 0.333. The Morgan fingerprint density at radius 2 is 1.60 bits per heavy atom. The first-order chi connectivity index (χ1) is 11.6. The molecule has 3 rings (SSSR count). The second-order valence-electron chi connectivity index (χ2n) is 8.09. The van der Waals surface area contributed by atoms with Crippen LogP contribution >= 0.6 is 18.6 Å². The third kappa shape index (κ3) is 3.77. The van der Waals surface area contributed by atoms with E-state index in [0.29, 0.717) is 10.6 Å². The molecular weight excluding hydrogens is 385 g/mol. The van der Waals surface area contributed by atoms with Crippen LogP contribution in [-0.2, 0) is 18.2 Å². The summed E-state index contributed by atoms with van der Waals surface area (Å²) in [5.41, 5.74) is 5.16. The summed E-state index contributed by atoms with van der Waals surface area (Å²) in [6, 6.07) is 18.7. The van der Waals surface area contributed by atoms with Gasteiger partial charge in [0, 0.05) is 0 Å². The van der Waals surface area contributed by atoms with Crippen molar-refractivity contribution >= 4 is 24.7 Å². The Bertz CT molecular complexity index is 803. The van der Waals surface area contributed by atoms with Crippen LogP contribution in [0, 0.1) is 0 Å². The van der Waals surface area contributed by atoms with Crippen LogP contribution < -0.4 is 4.22 Å². The fourth-order valence-electron chi connectivity index (χ4n) is 3.75. The molecule has 0 heterocycles. The van der Waals surface area contributed by atoms with Crippen LogP contribution in [-0.4, -0.2) is 0 Å². The van der Waals surface area contributed by atoms with E-state index in [0.717, 1.165) is 12.0 Å². The molecule has 1 atom stereocenters. The molecule has 133 valence electrons. The van der Waals surface area contributed by atoms with E-state index in [4.69, 9.17) is 22.8 Å². The summed E-state index contributed by atoms with van der Waals surface area (Å²) in [4.78, 5) is 0. The van der Waals surface area contributed by atoms with Crippen molar-refractivity contribution in [3.63, 3.8) is 0 Å². The van der Waals surface area contributed by atoms with Gasteiger partial charge in [0.2, 0.25) is 0 Å². The molecule has 0 fully saturated rings. The molecule has 2 aromatic rings. The minimum atomic E-state index is -4.25. The number of nitrogens with two attached hydrogens (primary N) is 1. The molecule has 1 aliphatic carbocycles. The molecular formula is C21H26Cl2NTi. The molecule has 0 aromatic heterocycles. The van der Waals surface area contributed by atoms with Crippen LogP contribution in [0.3, 0.4) is 0 Å². The molecule has 0 radical (unpaired) electrons. The Balaban J connectivity index is 1.89.